The molecule has 0 radical (unpaired) electrons. The molecule has 0 rings (SSSR count). The van der Waals surface area contributed by atoms with E-state index in [9.17, 15) is 14.4 Å². The molecule has 90 valence electrons. The van der Waals surface area contributed by atoms with Crippen LogP contribution in [0.2, 0.25) is 0 Å². The van der Waals surface area contributed by atoms with E-state index < -0.39 is 23.9 Å². The van der Waals surface area contributed by atoms with Crippen molar-refractivity contribution in [3.05, 3.63) is 12.2 Å². The Balaban J connectivity index is 3.80. The summed E-state index contributed by atoms with van der Waals surface area (Å²) in [6.07, 6.45) is -0.0684. The number of nitrogens with two attached hydrogens (primary N) is 1. The fraction of sp³-hybridized carbons (Fsp3) is 0.444. The van der Waals surface area contributed by atoms with Crippen LogP contribution in [0.25, 0.3) is 0 Å². The number of nitrogens with one attached hydrogen (secondary N) is 1. The van der Waals surface area contributed by atoms with Gasteiger partial charge in [-0.15, -0.1) is 0 Å². The number of hydrogen-bond donors (Lipinski definition) is 4. The van der Waals surface area contributed by atoms with E-state index in [-0.39, 0.29) is 25.0 Å². The second kappa shape index (κ2) is 6.57. The summed E-state index contributed by atoms with van der Waals surface area (Å²) < 4.78 is 0. The van der Waals surface area contributed by atoms with Crippen LogP contribution in [0.1, 0.15) is 12.8 Å². The maximum absolute atomic E-state index is 11.1. The number of amides is 1. The molecule has 0 saturated carbocycles. The topological polar surface area (TPSA) is 130 Å². The van der Waals surface area contributed by atoms with Gasteiger partial charge in [0.25, 0.3) is 0 Å². The third kappa shape index (κ3) is 5.76. The van der Waals surface area contributed by atoms with E-state index in [1.165, 1.54) is 0 Å². The molecule has 0 aliphatic rings. The highest BCUT2D eigenvalue weighted by Gasteiger charge is 2.13. The van der Waals surface area contributed by atoms with Crippen molar-refractivity contribution in [2.75, 3.05) is 6.54 Å². The summed E-state index contributed by atoms with van der Waals surface area (Å²) in [5.41, 5.74) is 5.04. The molecular weight excluding hydrogens is 216 g/mol. The van der Waals surface area contributed by atoms with E-state index in [0.717, 1.165) is 0 Å². The molecule has 0 aliphatic heterocycles. The van der Waals surface area contributed by atoms with Crippen molar-refractivity contribution in [3.63, 3.8) is 0 Å². The van der Waals surface area contributed by atoms with E-state index in [2.05, 4.69) is 11.9 Å². The van der Waals surface area contributed by atoms with Gasteiger partial charge in [-0.2, -0.15) is 0 Å². The molecule has 1 amide bonds. The molecule has 0 aromatic rings. The molecule has 1 atom stereocenters. The lowest BCUT2D eigenvalue weighted by Crippen LogP contribution is -2.33. The smallest absolute Gasteiger partial charge is 0.332 e. The summed E-state index contributed by atoms with van der Waals surface area (Å²) >= 11 is 0. The van der Waals surface area contributed by atoms with Crippen molar-refractivity contribution >= 4 is 17.8 Å². The van der Waals surface area contributed by atoms with Crippen LogP contribution in [0.3, 0.4) is 0 Å². The van der Waals surface area contributed by atoms with Gasteiger partial charge >= 0.3 is 11.9 Å². The molecule has 0 heterocycles. The zero-order chi connectivity index (χ0) is 12.7. The van der Waals surface area contributed by atoms with Gasteiger partial charge in [-0.1, -0.05) is 6.58 Å². The average Bonchev–Trinajstić information content (AvgIpc) is 2.21. The minimum absolute atomic E-state index is 0.000709. The van der Waals surface area contributed by atoms with Crippen LogP contribution in [0.5, 0.6) is 0 Å². The fourth-order valence-corrected chi connectivity index (χ4v) is 0.779. The van der Waals surface area contributed by atoms with Gasteiger partial charge in [-0.3, -0.25) is 9.59 Å². The maximum Gasteiger partial charge on any atom is 0.332 e. The first-order chi connectivity index (χ1) is 7.34. The highest BCUT2D eigenvalue weighted by Crippen LogP contribution is 1.95. The van der Waals surface area contributed by atoms with Crippen molar-refractivity contribution in [3.8, 4) is 0 Å². The molecule has 7 heteroatoms. The first kappa shape index (κ1) is 14.1. The molecule has 16 heavy (non-hydrogen) atoms. The number of rotatable bonds is 7. The molecule has 0 aliphatic carbocycles. The second-order valence-electron chi connectivity index (χ2n) is 3.17. The van der Waals surface area contributed by atoms with E-state index in [4.69, 9.17) is 15.9 Å². The molecule has 0 saturated heterocycles. The number of aliphatic carboxylic acids is 2. The summed E-state index contributed by atoms with van der Waals surface area (Å²) in [5.74, 6) is -2.83. The monoisotopic (exact) mass is 230 g/mol. The normalized spacial score (nSPS) is 11.6. The predicted molar refractivity (Wildman–Crippen MR) is 54.6 cm³/mol. The summed E-state index contributed by atoms with van der Waals surface area (Å²) in [6, 6.07) is -1.09. The Hall–Kier alpha value is -1.89. The zero-order valence-electron chi connectivity index (χ0n) is 8.60. The Morgan fingerprint density at radius 2 is 1.88 bits per heavy atom. The number of carbonyl (C=O) groups is 3. The fourth-order valence-electron chi connectivity index (χ4n) is 0.779. The number of hydrogen-bond acceptors (Lipinski definition) is 4. The van der Waals surface area contributed by atoms with Gasteiger partial charge in [0, 0.05) is 18.5 Å². The molecule has 0 aromatic carbocycles. The Kier molecular flexibility index (Phi) is 5.79. The predicted octanol–water partition coefficient (Wildman–Crippen LogP) is -1.06. The first-order valence-electron chi connectivity index (χ1n) is 4.50. The van der Waals surface area contributed by atoms with Gasteiger partial charge in [-0.05, 0) is 6.42 Å². The third-order valence-corrected chi connectivity index (χ3v) is 1.80. The Labute approximate surface area is 91.9 Å². The summed E-state index contributed by atoms with van der Waals surface area (Å²) in [4.78, 5) is 31.7. The Morgan fingerprint density at radius 3 is 2.31 bits per heavy atom. The van der Waals surface area contributed by atoms with Crippen molar-refractivity contribution in [2.45, 2.75) is 18.9 Å². The minimum atomic E-state index is -1.19. The van der Waals surface area contributed by atoms with Gasteiger partial charge in [0.2, 0.25) is 5.91 Å². The van der Waals surface area contributed by atoms with E-state index >= 15 is 0 Å². The minimum Gasteiger partial charge on any atom is -0.480 e. The lowest BCUT2D eigenvalue weighted by atomic mass is 10.1. The summed E-state index contributed by atoms with van der Waals surface area (Å²) in [5, 5.41) is 19.2. The average molecular weight is 230 g/mol. The standard InChI is InChI=1S/C9H14N2O5/c1-5(8(13)14)4-11-7(12)3-2-6(10)9(15)16/h6H,1-4,10H2,(H,11,12)(H,13,14)(H,15,16)/t6-/m0/s1. The molecule has 0 fully saturated rings. The highest BCUT2D eigenvalue weighted by atomic mass is 16.4. The van der Waals surface area contributed by atoms with Crippen molar-refractivity contribution in [1.82, 2.24) is 5.32 Å². The third-order valence-electron chi connectivity index (χ3n) is 1.80. The molecule has 0 unspecified atom stereocenters. The quantitative estimate of drug-likeness (QED) is 0.412. The SMILES string of the molecule is C=C(CNC(=O)CC[C@H](N)C(=O)O)C(=O)O. The van der Waals surface area contributed by atoms with Gasteiger partial charge in [0.05, 0.1) is 0 Å². The molecular formula is C9H14N2O5. The van der Waals surface area contributed by atoms with Crippen molar-refractivity contribution in [2.24, 2.45) is 5.73 Å². The van der Waals surface area contributed by atoms with Crippen LogP contribution < -0.4 is 11.1 Å². The van der Waals surface area contributed by atoms with Gasteiger partial charge in [0.15, 0.2) is 0 Å². The molecule has 0 spiro atoms. The molecule has 5 N–H and O–H groups in total. The van der Waals surface area contributed by atoms with Gasteiger partial charge in [0.1, 0.15) is 6.04 Å². The van der Waals surface area contributed by atoms with Crippen LogP contribution in [0.15, 0.2) is 12.2 Å². The number of carboxylic acid groups (broad SMARTS) is 2. The number of carbonyl (C=O) groups excluding carboxylic acids is 1. The lowest BCUT2D eigenvalue weighted by molar-refractivity contribution is -0.138. The van der Waals surface area contributed by atoms with Crippen LogP contribution in [0.4, 0.5) is 0 Å². The maximum atomic E-state index is 11.1. The first-order valence-corrected chi connectivity index (χ1v) is 4.50. The van der Waals surface area contributed by atoms with Crippen LogP contribution in [-0.2, 0) is 14.4 Å². The van der Waals surface area contributed by atoms with Crippen LogP contribution in [0, 0.1) is 0 Å². The van der Waals surface area contributed by atoms with Crippen molar-refractivity contribution < 1.29 is 24.6 Å². The Bertz CT molecular complexity index is 313. The summed E-state index contributed by atoms with van der Waals surface area (Å²) in [7, 11) is 0. The van der Waals surface area contributed by atoms with Crippen LogP contribution >= 0.6 is 0 Å². The second-order valence-corrected chi connectivity index (χ2v) is 3.17. The van der Waals surface area contributed by atoms with Gasteiger partial charge < -0.3 is 21.3 Å². The van der Waals surface area contributed by atoms with E-state index in [0.29, 0.717) is 0 Å². The lowest BCUT2D eigenvalue weighted by Gasteiger charge is -2.07. The van der Waals surface area contributed by atoms with E-state index in [1.54, 1.807) is 0 Å². The zero-order valence-corrected chi connectivity index (χ0v) is 8.60. The van der Waals surface area contributed by atoms with Crippen LogP contribution in [-0.4, -0.2) is 40.6 Å². The highest BCUT2D eigenvalue weighted by molar-refractivity contribution is 5.87. The molecule has 7 nitrogen and oxygen atoms in total. The largest absolute Gasteiger partial charge is 0.480 e. The number of carboxylic acids is 2. The molecule has 0 bridgehead atoms. The Morgan fingerprint density at radius 1 is 1.31 bits per heavy atom. The molecule has 0 aromatic heterocycles. The van der Waals surface area contributed by atoms with E-state index in [1.807, 2.05) is 0 Å². The van der Waals surface area contributed by atoms with Crippen molar-refractivity contribution in [1.29, 1.82) is 0 Å². The van der Waals surface area contributed by atoms with Gasteiger partial charge in [-0.25, -0.2) is 4.79 Å². The summed E-state index contributed by atoms with van der Waals surface area (Å²) in [6.45, 7) is 3.05.